The monoisotopic (exact) mass is 455 g/mol. The van der Waals surface area contributed by atoms with Crippen LogP contribution in [0.15, 0.2) is 97.3 Å². The first-order valence-electron chi connectivity index (χ1n) is 10.8. The Morgan fingerprint density at radius 3 is 2.18 bits per heavy atom. The molecule has 4 aromatic rings. The Balaban J connectivity index is 1.65. The highest BCUT2D eigenvalue weighted by Crippen LogP contribution is 2.31. The third kappa shape index (κ3) is 5.48. The van der Waals surface area contributed by atoms with Crippen LogP contribution in [0.3, 0.4) is 0 Å². The first-order chi connectivity index (χ1) is 16.0. The van der Waals surface area contributed by atoms with E-state index >= 15 is 0 Å². The lowest BCUT2D eigenvalue weighted by Gasteiger charge is -2.24. The Kier molecular flexibility index (Phi) is 7.18. The third-order valence-corrected chi connectivity index (χ3v) is 5.82. The molecule has 0 aliphatic rings. The van der Waals surface area contributed by atoms with Gasteiger partial charge in [0.1, 0.15) is 0 Å². The summed E-state index contributed by atoms with van der Waals surface area (Å²) in [6, 6.07) is 27.7. The van der Waals surface area contributed by atoms with Gasteiger partial charge in [-0.2, -0.15) is 0 Å². The van der Waals surface area contributed by atoms with Crippen LogP contribution in [-0.2, 0) is 0 Å². The minimum atomic E-state index is -0.0799. The first kappa shape index (κ1) is 22.7. The third-order valence-electron chi connectivity index (χ3n) is 5.49. The lowest BCUT2D eigenvalue weighted by atomic mass is 9.99. The Morgan fingerprint density at radius 2 is 1.52 bits per heavy atom. The fourth-order valence-corrected chi connectivity index (χ4v) is 3.90. The molecule has 1 amide bonds. The van der Waals surface area contributed by atoms with E-state index in [0.717, 1.165) is 34.5 Å². The summed E-state index contributed by atoms with van der Waals surface area (Å²) in [6.45, 7) is 1.29. The van der Waals surface area contributed by atoms with E-state index in [1.54, 1.807) is 29.4 Å². The van der Waals surface area contributed by atoms with Gasteiger partial charge in [0.25, 0.3) is 5.91 Å². The molecule has 0 N–H and O–H groups in total. The van der Waals surface area contributed by atoms with Crippen LogP contribution in [0.5, 0.6) is 0 Å². The second kappa shape index (κ2) is 10.4. The Hall–Kier alpha value is -3.47. The second-order valence-corrected chi connectivity index (χ2v) is 8.52. The van der Waals surface area contributed by atoms with Crippen molar-refractivity contribution in [2.75, 3.05) is 32.1 Å². The zero-order valence-electron chi connectivity index (χ0n) is 18.8. The van der Waals surface area contributed by atoms with Crippen molar-refractivity contribution in [3.8, 4) is 22.3 Å². The van der Waals surface area contributed by atoms with E-state index in [0.29, 0.717) is 17.1 Å². The SMILES string of the molecule is CN(C)CCN(C(=O)c1ccc(Cl)c(-c2ccc(-c3ccccc3)cc2)c1)c1cccnc1. The maximum absolute atomic E-state index is 13.5. The highest BCUT2D eigenvalue weighted by atomic mass is 35.5. The quantitative estimate of drug-likeness (QED) is 0.329. The number of anilines is 1. The van der Waals surface area contributed by atoms with Gasteiger partial charge in [-0.25, -0.2) is 0 Å². The van der Waals surface area contributed by atoms with Crippen molar-refractivity contribution >= 4 is 23.2 Å². The van der Waals surface area contributed by atoms with Crippen molar-refractivity contribution in [1.82, 2.24) is 9.88 Å². The van der Waals surface area contributed by atoms with E-state index in [1.165, 1.54) is 0 Å². The van der Waals surface area contributed by atoms with E-state index in [1.807, 2.05) is 62.6 Å². The van der Waals surface area contributed by atoms with Crippen LogP contribution in [0.25, 0.3) is 22.3 Å². The van der Waals surface area contributed by atoms with Crippen LogP contribution in [0.4, 0.5) is 5.69 Å². The van der Waals surface area contributed by atoms with Gasteiger partial charge < -0.3 is 9.80 Å². The highest BCUT2D eigenvalue weighted by molar-refractivity contribution is 6.33. The smallest absolute Gasteiger partial charge is 0.258 e. The molecule has 0 saturated heterocycles. The van der Waals surface area contributed by atoms with Crippen molar-refractivity contribution in [3.05, 3.63) is 108 Å². The molecule has 4 nitrogen and oxygen atoms in total. The summed E-state index contributed by atoms with van der Waals surface area (Å²) >= 11 is 6.55. The normalized spacial score (nSPS) is 10.9. The number of carbonyl (C=O) groups is 1. The number of rotatable bonds is 7. The van der Waals surface area contributed by atoms with Gasteiger partial charge in [-0.05, 0) is 61.1 Å². The topological polar surface area (TPSA) is 36.4 Å². The number of amides is 1. The molecule has 0 unspecified atom stereocenters. The summed E-state index contributed by atoms with van der Waals surface area (Å²) in [5, 5.41) is 0.611. The zero-order valence-corrected chi connectivity index (χ0v) is 19.5. The van der Waals surface area contributed by atoms with Crippen LogP contribution < -0.4 is 4.90 Å². The fourth-order valence-electron chi connectivity index (χ4n) is 3.67. The van der Waals surface area contributed by atoms with Gasteiger partial charge in [-0.1, -0.05) is 66.2 Å². The summed E-state index contributed by atoms with van der Waals surface area (Å²) < 4.78 is 0. The predicted octanol–water partition coefficient (Wildman–Crippen LogP) is 6.28. The van der Waals surface area contributed by atoms with Crippen LogP contribution in [-0.4, -0.2) is 43.0 Å². The minimum absolute atomic E-state index is 0.0799. The predicted molar refractivity (Wildman–Crippen MR) is 137 cm³/mol. The molecule has 4 rings (SSSR count). The number of halogens is 1. The van der Waals surface area contributed by atoms with Gasteiger partial charge in [0.05, 0.1) is 11.9 Å². The summed E-state index contributed by atoms with van der Waals surface area (Å²) in [5.41, 5.74) is 5.45. The average Bonchev–Trinajstić information content (AvgIpc) is 2.85. The van der Waals surface area contributed by atoms with Crippen molar-refractivity contribution in [2.24, 2.45) is 0 Å². The average molecular weight is 456 g/mol. The summed E-state index contributed by atoms with van der Waals surface area (Å²) in [7, 11) is 3.98. The number of aromatic nitrogens is 1. The maximum atomic E-state index is 13.5. The molecule has 0 atom stereocenters. The van der Waals surface area contributed by atoms with Crippen LogP contribution in [0.2, 0.25) is 5.02 Å². The van der Waals surface area contributed by atoms with E-state index in [-0.39, 0.29) is 5.91 Å². The number of pyridine rings is 1. The molecular formula is C28H26ClN3O. The lowest BCUT2D eigenvalue weighted by Crippen LogP contribution is -2.36. The highest BCUT2D eigenvalue weighted by Gasteiger charge is 2.19. The molecule has 0 fully saturated rings. The number of hydrogen-bond donors (Lipinski definition) is 0. The molecule has 0 saturated carbocycles. The zero-order chi connectivity index (χ0) is 23.2. The standard InChI is InChI=1S/C28H26ClN3O/c1-31(2)17-18-32(25-9-6-16-30-20-25)28(33)24-14-15-27(29)26(19-24)23-12-10-22(11-13-23)21-7-4-3-5-8-21/h3-16,19-20H,17-18H2,1-2H3. The molecule has 0 bridgehead atoms. The Morgan fingerprint density at radius 1 is 0.818 bits per heavy atom. The van der Waals surface area contributed by atoms with Crippen LogP contribution in [0, 0.1) is 0 Å². The molecule has 3 aromatic carbocycles. The van der Waals surface area contributed by atoms with Crippen molar-refractivity contribution < 1.29 is 4.79 Å². The number of likely N-dealkylation sites (N-methyl/N-ethyl adjacent to an activating group) is 1. The minimum Gasteiger partial charge on any atom is -0.308 e. The number of hydrogen-bond acceptors (Lipinski definition) is 3. The van der Waals surface area contributed by atoms with Gasteiger partial charge in [0.2, 0.25) is 0 Å². The maximum Gasteiger partial charge on any atom is 0.258 e. The van der Waals surface area contributed by atoms with E-state index in [4.69, 9.17) is 11.6 Å². The molecule has 166 valence electrons. The fraction of sp³-hybridized carbons (Fsp3) is 0.143. The van der Waals surface area contributed by atoms with E-state index in [9.17, 15) is 4.79 Å². The Labute approximate surface area is 200 Å². The van der Waals surface area contributed by atoms with Crippen molar-refractivity contribution in [1.29, 1.82) is 0 Å². The Bertz CT molecular complexity index is 1210. The lowest BCUT2D eigenvalue weighted by molar-refractivity contribution is 0.0985. The largest absolute Gasteiger partial charge is 0.308 e. The van der Waals surface area contributed by atoms with Gasteiger partial charge >= 0.3 is 0 Å². The molecule has 33 heavy (non-hydrogen) atoms. The van der Waals surface area contributed by atoms with Gasteiger partial charge in [0.15, 0.2) is 0 Å². The molecule has 5 heteroatoms. The van der Waals surface area contributed by atoms with Crippen LogP contribution in [0.1, 0.15) is 10.4 Å². The first-order valence-corrected chi connectivity index (χ1v) is 11.2. The molecule has 1 heterocycles. The van der Waals surface area contributed by atoms with Crippen molar-refractivity contribution in [2.45, 2.75) is 0 Å². The summed E-state index contributed by atoms with van der Waals surface area (Å²) in [6.07, 6.45) is 3.42. The molecule has 0 radical (unpaired) electrons. The number of benzene rings is 3. The van der Waals surface area contributed by atoms with Gasteiger partial charge in [-0.3, -0.25) is 9.78 Å². The van der Waals surface area contributed by atoms with Gasteiger partial charge in [-0.15, -0.1) is 0 Å². The molecule has 0 aliphatic heterocycles. The molecule has 0 aliphatic carbocycles. The second-order valence-electron chi connectivity index (χ2n) is 8.11. The van der Waals surface area contributed by atoms with Gasteiger partial charge in [0, 0.05) is 35.4 Å². The molecular weight excluding hydrogens is 430 g/mol. The number of carbonyl (C=O) groups excluding carboxylic acids is 1. The van der Waals surface area contributed by atoms with Crippen molar-refractivity contribution in [3.63, 3.8) is 0 Å². The molecule has 0 spiro atoms. The summed E-state index contributed by atoms with van der Waals surface area (Å²) in [4.78, 5) is 21.5. The summed E-state index contributed by atoms with van der Waals surface area (Å²) in [5.74, 6) is -0.0799. The van der Waals surface area contributed by atoms with E-state index in [2.05, 4.69) is 34.1 Å². The van der Waals surface area contributed by atoms with Crippen LogP contribution >= 0.6 is 11.6 Å². The van der Waals surface area contributed by atoms with E-state index < -0.39 is 0 Å². The molecule has 1 aromatic heterocycles. The number of nitrogens with zero attached hydrogens (tertiary/aromatic N) is 3.